The summed E-state index contributed by atoms with van der Waals surface area (Å²) in [4.78, 5) is 48.2. The molecule has 0 radical (unpaired) electrons. The van der Waals surface area contributed by atoms with Crippen molar-refractivity contribution in [2.75, 3.05) is 13.2 Å². The van der Waals surface area contributed by atoms with Crippen LogP contribution in [0.15, 0.2) is 130 Å². The lowest BCUT2D eigenvalue weighted by molar-refractivity contribution is -0.138. The summed E-state index contributed by atoms with van der Waals surface area (Å²) in [5, 5.41) is 40.1. The molecule has 0 aliphatic heterocycles. The monoisotopic (exact) mass is 784 g/mol. The molecule has 0 amide bonds. The van der Waals surface area contributed by atoms with Gasteiger partial charge < -0.3 is 34.8 Å². The maximum Gasteiger partial charge on any atom is 0.187 e. The number of carbonyl (C=O) groups is 4. The second kappa shape index (κ2) is 22.5. The number of ketones is 2. The molecule has 310 valence electrons. The molecule has 6 unspecified atom stereocenters. The van der Waals surface area contributed by atoms with Crippen LogP contribution in [0.5, 0.6) is 0 Å². The van der Waals surface area contributed by atoms with E-state index in [-0.39, 0.29) is 17.0 Å². The summed E-state index contributed by atoms with van der Waals surface area (Å²) < 4.78 is 5.76. The SMILES string of the molecule is CC1=C(/C=C/C(C)=C/C=C/C(C)=C/C=C/C=C(C)/C=C/C=C(C)/C=C/C2=C(C)C(=O)C(OCC(O)C(C=O)C(O)C(C=O)CO)CC2(C)C)C(C)(C)CC(O)C1=O. The zero-order valence-electron chi connectivity index (χ0n) is 35.4. The molecule has 6 atom stereocenters. The number of aldehydes is 2. The molecule has 0 bridgehead atoms. The van der Waals surface area contributed by atoms with E-state index < -0.39 is 54.9 Å². The first kappa shape index (κ1) is 48.8. The number of hydrogen-bond acceptors (Lipinski definition) is 9. The van der Waals surface area contributed by atoms with Crippen LogP contribution in [0.2, 0.25) is 0 Å². The van der Waals surface area contributed by atoms with Gasteiger partial charge in [-0.25, -0.2) is 0 Å². The van der Waals surface area contributed by atoms with Gasteiger partial charge in [0.2, 0.25) is 0 Å². The number of aliphatic hydroxyl groups excluding tert-OH is 4. The number of ether oxygens (including phenoxy) is 1. The molecule has 2 aliphatic rings. The third-order valence-corrected chi connectivity index (χ3v) is 10.6. The Morgan fingerprint density at radius 3 is 1.60 bits per heavy atom. The molecule has 0 heterocycles. The average molecular weight is 785 g/mol. The van der Waals surface area contributed by atoms with E-state index in [1.807, 2.05) is 140 Å². The molecular formula is C48H64O9. The fourth-order valence-electron chi connectivity index (χ4n) is 6.97. The van der Waals surface area contributed by atoms with E-state index in [4.69, 9.17) is 4.74 Å². The van der Waals surface area contributed by atoms with Crippen molar-refractivity contribution in [3.05, 3.63) is 130 Å². The predicted octanol–water partition coefficient (Wildman–Crippen LogP) is 7.27. The van der Waals surface area contributed by atoms with Gasteiger partial charge in [0.15, 0.2) is 11.6 Å². The van der Waals surface area contributed by atoms with Gasteiger partial charge in [0.05, 0.1) is 37.3 Å². The first-order valence-electron chi connectivity index (χ1n) is 19.5. The van der Waals surface area contributed by atoms with Crippen LogP contribution in [-0.4, -0.2) is 82.2 Å². The Kier molecular flexibility index (Phi) is 19.3. The van der Waals surface area contributed by atoms with Crippen LogP contribution in [-0.2, 0) is 23.9 Å². The van der Waals surface area contributed by atoms with E-state index in [2.05, 4.69) is 0 Å². The molecule has 0 saturated heterocycles. The molecule has 9 heteroatoms. The van der Waals surface area contributed by atoms with Crippen LogP contribution in [0.1, 0.15) is 82.1 Å². The van der Waals surface area contributed by atoms with E-state index in [0.717, 1.165) is 33.4 Å². The fraction of sp³-hybridized carbons (Fsp3) is 0.458. The van der Waals surface area contributed by atoms with Crippen molar-refractivity contribution in [2.24, 2.45) is 22.7 Å². The van der Waals surface area contributed by atoms with Crippen molar-refractivity contribution >= 4 is 24.1 Å². The van der Waals surface area contributed by atoms with E-state index in [1.165, 1.54) is 0 Å². The van der Waals surface area contributed by atoms with Crippen LogP contribution >= 0.6 is 0 Å². The molecule has 0 aromatic rings. The average Bonchev–Trinajstić information content (AvgIpc) is 3.13. The van der Waals surface area contributed by atoms with E-state index in [1.54, 1.807) is 13.8 Å². The van der Waals surface area contributed by atoms with Crippen molar-refractivity contribution in [1.82, 2.24) is 0 Å². The second-order valence-electron chi connectivity index (χ2n) is 16.5. The summed E-state index contributed by atoms with van der Waals surface area (Å²) in [5.74, 6) is -3.01. The van der Waals surface area contributed by atoms with Gasteiger partial charge in [0.1, 0.15) is 24.8 Å². The molecule has 9 nitrogen and oxygen atoms in total. The molecule has 4 N–H and O–H groups in total. The van der Waals surface area contributed by atoms with Gasteiger partial charge in [-0.15, -0.1) is 0 Å². The van der Waals surface area contributed by atoms with Crippen LogP contribution in [0.3, 0.4) is 0 Å². The lowest BCUT2D eigenvalue weighted by Crippen LogP contribution is -2.44. The Labute approximate surface area is 339 Å². The Morgan fingerprint density at radius 1 is 0.702 bits per heavy atom. The van der Waals surface area contributed by atoms with Gasteiger partial charge >= 0.3 is 0 Å². The van der Waals surface area contributed by atoms with E-state index in [9.17, 15) is 39.6 Å². The summed E-state index contributed by atoms with van der Waals surface area (Å²) in [6.45, 7) is 18.6. The molecule has 57 heavy (non-hydrogen) atoms. The van der Waals surface area contributed by atoms with Crippen LogP contribution in [0.25, 0.3) is 0 Å². The molecule has 0 aromatic carbocycles. The van der Waals surface area contributed by atoms with Gasteiger partial charge in [-0.05, 0) is 87.5 Å². The highest BCUT2D eigenvalue weighted by atomic mass is 16.5. The van der Waals surface area contributed by atoms with Crippen LogP contribution in [0.4, 0.5) is 0 Å². The van der Waals surface area contributed by atoms with Crippen molar-refractivity contribution in [3.63, 3.8) is 0 Å². The Hall–Kier alpha value is -4.38. The second-order valence-corrected chi connectivity index (χ2v) is 16.5. The summed E-state index contributed by atoms with van der Waals surface area (Å²) in [6, 6.07) is 0. The summed E-state index contributed by atoms with van der Waals surface area (Å²) in [6.07, 6.45) is 24.5. The zero-order chi connectivity index (χ0) is 43.1. The molecule has 0 saturated carbocycles. The minimum Gasteiger partial charge on any atom is -0.396 e. The Balaban J connectivity index is 1.99. The van der Waals surface area contributed by atoms with Gasteiger partial charge in [0.25, 0.3) is 0 Å². The molecule has 0 fully saturated rings. The normalized spacial score (nSPS) is 23.8. The lowest BCUT2D eigenvalue weighted by Gasteiger charge is -2.37. The van der Waals surface area contributed by atoms with Crippen molar-refractivity contribution in [1.29, 1.82) is 0 Å². The molecule has 2 aliphatic carbocycles. The van der Waals surface area contributed by atoms with Crippen LogP contribution < -0.4 is 0 Å². The first-order chi connectivity index (χ1) is 26.7. The predicted molar refractivity (Wildman–Crippen MR) is 227 cm³/mol. The number of rotatable bonds is 19. The zero-order valence-corrected chi connectivity index (χ0v) is 35.4. The summed E-state index contributed by atoms with van der Waals surface area (Å²) in [5.41, 5.74) is 6.47. The summed E-state index contributed by atoms with van der Waals surface area (Å²) >= 11 is 0. The highest BCUT2D eigenvalue weighted by Crippen LogP contribution is 2.41. The quantitative estimate of drug-likeness (QED) is 0.0781. The largest absolute Gasteiger partial charge is 0.396 e. The van der Waals surface area contributed by atoms with Crippen molar-refractivity contribution in [3.8, 4) is 0 Å². The maximum atomic E-state index is 13.3. The Bertz CT molecular complexity index is 1820. The fourth-order valence-corrected chi connectivity index (χ4v) is 6.97. The minimum absolute atomic E-state index is 0.194. The number of allylic oxidation sites excluding steroid dienone is 20. The van der Waals surface area contributed by atoms with E-state index in [0.29, 0.717) is 36.6 Å². The number of hydrogen-bond donors (Lipinski definition) is 4. The first-order valence-corrected chi connectivity index (χ1v) is 19.5. The number of aliphatic hydroxyl groups is 4. The molecule has 2 rings (SSSR count). The highest BCUT2D eigenvalue weighted by molar-refractivity contribution is 6.01. The number of carbonyl (C=O) groups excluding carboxylic acids is 4. The topological polar surface area (TPSA) is 158 Å². The lowest BCUT2D eigenvalue weighted by atomic mass is 9.71. The molecular weight excluding hydrogens is 721 g/mol. The van der Waals surface area contributed by atoms with Crippen molar-refractivity contribution in [2.45, 2.75) is 106 Å². The third kappa shape index (κ3) is 14.5. The highest BCUT2D eigenvalue weighted by Gasteiger charge is 2.40. The molecule has 0 spiro atoms. The van der Waals surface area contributed by atoms with Crippen molar-refractivity contribution < 1.29 is 44.3 Å². The van der Waals surface area contributed by atoms with E-state index >= 15 is 0 Å². The van der Waals surface area contributed by atoms with Crippen LogP contribution in [0, 0.1) is 22.7 Å². The van der Waals surface area contributed by atoms with Gasteiger partial charge in [0, 0.05) is 0 Å². The van der Waals surface area contributed by atoms with Gasteiger partial charge in [-0.1, -0.05) is 135 Å². The minimum atomic E-state index is -1.58. The summed E-state index contributed by atoms with van der Waals surface area (Å²) in [7, 11) is 0. The number of Topliss-reactive ketones (excluding diaryl/α,β-unsaturated/α-hetero) is 2. The Morgan fingerprint density at radius 2 is 1.14 bits per heavy atom. The molecule has 0 aromatic heterocycles. The maximum absolute atomic E-state index is 13.3. The standard InChI is InChI=1S/C48H64O9/c1-31(17-13-19-33(3)21-23-39-35(5)44(54)41(52)25-47(39,7)8)15-11-12-16-32(2)18-14-20-34(4)22-24-40-36(6)45(55)43(26-48(40,9)10)57-30-42(53)38(29-51)46(56)37(27-49)28-50/h11-24,27,29,37-38,41-43,46,50,52-53,56H,25-26,28,30H2,1-10H3/b12-11+,17-13+,18-14+,23-21+,24-22+,31-15+,32-16+,33-19+,34-20+. The smallest absolute Gasteiger partial charge is 0.187 e. The third-order valence-electron chi connectivity index (χ3n) is 10.6. The van der Waals surface area contributed by atoms with Gasteiger partial charge in [-0.3, -0.25) is 9.59 Å². The van der Waals surface area contributed by atoms with Gasteiger partial charge in [-0.2, -0.15) is 0 Å².